The lowest BCUT2D eigenvalue weighted by Crippen LogP contribution is -2.10. The maximum Gasteiger partial charge on any atom is 0.159 e. The van der Waals surface area contributed by atoms with Gasteiger partial charge in [0.15, 0.2) is 5.58 Å². The van der Waals surface area contributed by atoms with E-state index in [0.717, 1.165) is 44.7 Å². The molecule has 0 saturated heterocycles. The van der Waals surface area contributed by atoms with Gasteiger partial charge in [0.1, 0.15) is 10.4 Å². The van der Waals surface area contributed by atoms with Crippen molar-refractivity contribution in [1.82, 2.24) is 4.57 Å². The van der Waals surface area contributed by atoms with Gasteiger partial charge in [-0.3, -0.25) is 0 Å². The minimum Gasteiger partial charge on any atom is -0.454 e. The SMILES string of the molecule is c1ccc2c(-c3ccc(N(c4ccc(-n5c6ccccc6c6c7ccccc7sc65)cc4)c4cccc5c4oc4ccccc45)cc3)cccc2c1. The molecule has 0 aliphatic rings. The Balaban J connectivity index is 1.09. The quantitative estimate of drug-likeness (QED) is 0.180. The second-order valence-corrected chi connectivity index (χ2v) is 14.3. The van der Waals surface area contributed by atoms with Gasteiger partial charge in [-0.15, -0.1) is 11.3 Å². The van der Waals surface area contributed by atoms with E-state index >= 15 is 0 Å². The van der Waals surface area contributed by atoms with Gasteiger partial charge in [0.25, 0.3) is 0 Å². The van der Waals surface area contributed by atoms with Crippen molar-refractivity contribution >= 4 is 92.3 Å². The molecule has 0 fully saturated rings. The molecule has 11 rings (SSSR count). The molecule has 52 heavy (non-hydrogen) atoms. The van der Waals surface area contributed by atoms with Crippen molar-refractivity contribution in [3.8, 4) is 16.8 Å². The molecule has 11 aromatic rings. The smallest absolute Gasteiger partial charge is 0.159 e. The molecule has 0 aliphatic carbocycles. The zero-order valence-electron chi connectivity index (χ0n) is 28.0. The molecular weight excluding hydrogens is 653 g/mol. The normalized spacial score (nSPS) is 11.8. The summed E-state index contributed by atoms with van der Waals surface area (Å²) in [6.45, 7) is 0. The Morgan fingerprint density at radius 1 is 0.481 bits per heavy atom. The molecule has 244 valence electrons. The molecule has 0 unspecified atom stereocenters. The molecule has 0 bridgehead atoms. The monoisotopic (exact) mass is 682 g/mol. The van der Waals surface area contributed by atoms with Gasteiger partial charge in [0.2, 0.25) is 0 Å². The summed E-state index contributed by atoms with van der Waals surface area (Å²) >= 11 is 1.86. The molecule has 0 atom stereocenters. The number of rotatable bonds is 5. The number of anilines is 3. The molecule has 0 saturated carbocycles. The van der Waals surface area contributed by atoms with Crippen molar-refractivity contribution in [3.05, 3.63) is 182 Å². The first-order valence-electron chi connectivity index (χ1n) is 17.6. The average Bonchev–Trinajstić information content (AvgIpc) is 3.88. The Kier molecular flexibility index (Phi) is 6.42. The van der Waals surface area contributed by atoms with E-state index in [9.17, 15) is 0 Å². The zero-order chi connectivity index (χ0) is 34.2. The Morgan fingerprint density at radius 3 is 1.96 bits per heavy atom. The number of para-hydroxylation sites is 3. The predicted octanol–water partition coefficient (Wildman–Crippen LogP) is 14.2. The van der Waals surface area contributed by atoms with E-state index in [1.54, 1.807) is 0 Å². The fraction of sp³-hybridized carbons (Fsp3) is 0. The molecule has 0 radical (unpaired) electrons. The lowest BCUT2D eigenvalue weighted by molar-refractivity contribution is 0.669. The topological polar surface area (TPSA) is 21.3 Å². The summed E-state index contributed by atoms with van der Waals surface area (Å²) in [5.41, 5.74) is 9.63. The summed E-state index contributed by atoms with van der Waals surface area (Å²) in [5.74, 6) is 0. The van der Waals surface area contributed by atoms with Crippen LogP contribution in [0, 0.1) is 0 Å². The summed E-state index contributed by atoms with van der Waals surface area (Å²) in [6.07, 6.45) is 0. The minimum atomic E-state index is 0.870. The number of thiophene rings is 1. The predicted molar refractivity (Wildman–Crippen MR) is 221 cm³/mol. The van der Waals surface area contributed by atoms with Gasteiger partial charge in [0, 0.05) is 48.7 Å². The number of benzene rings is 8. The van der Waals surface area contributed by atoms with Crippen LogP contribution in [0.5, 0.6) is 0 Å². The molecule has 3 aromatic heterocycles. The summed E-state index contributed by atoms with van der Waals surface area (Å²) in [5, 5.41) is 8.63. The standard InChI is InChI=1S/C48H30N2OS/c1-2-13-36-31(11-1)12-9-17-37(36)32-23-25-33(26-24-32)49(43-20-10-18-39-38-14-4-7-21-44(38)51-47(39)43)34-27-29-35(30-28-34)50-42-19-6-3-15-40(42)46-41-16-5-8-22-45(41)52-48(46)50/h1-30H. The molecule has 0 N–H and O–H groups in total. The van der Waals surface area contributed by atoms with Crippen LogP contribution in [0.15, 0.2) is 186 Å². The fourth-order valence-electron chi connectivity index (χ4n) is 8.05. The highest BCUT2D eigenvalue weighted by Gasteiger charge is 2.21. The molecule has 0 amide bonds. The van der Waals surface area contributed by atoms with Crippen LogP contribution in [0.2, 0.25) is 0 Å². The second kappa shape index (κ2) is 11.5. The summed E-state index contributed by atoms with van der Waals surface area (Å²) < 4.78 is 10.3. The third-order valence-electron chi connectivity index (χ3n) is 10.4. The van der Waals surface area contributed by atoms with Crippen molar-refractivity contribution in [2.75, 3.05) is 4.90 Å². The van der Waals surface area contributed by atoms with Gasteiger partial charge >= 0.3 is 0 Å². The number of hydrogen-bond acceptors (Lipinski definition) is 3. The molecule has 4 heteroatoms. The van der Waals surface area contributed by atoms with E-state index in [1.165, 1.54) is 53.1 Å². The summed E-state index contributed by atoms with van der Waals surface area (Å²) in [4.78, 5) is 3.59. The van der Waals surface area contributed by atoms with Gasteiger partial charge in [-0.05, 0) is 82.6 Å². The fourth-order valence-corrected chi connectivity index (χ4v) is 9.30. The van der Waals surface area contributed by atoms with E-state index in [0.29, 0.717) is 0 Å². The lowest BCUT2D eigenvalue weighted by atomic mass is 9.98. The maximum atomic E-state index is 6.61. The Morgan fingerprint density at radius 2 is 1.12 bits per heavy atom. The van der Waals surface area contributed by atoms with E-state index < -0.39 is 0 Å². The number of nitrogens with zero attached hydrogens (tertiary/aromatic N) is 2. The minimum absolute atomic E-state index is 0.870. The van der Waals surface area contributed by atoms with Crippen LogP contribution in [-0.2, 0) is 0 Å². The molecule has 8 aromatic carbocycles. The Labute approximate surface area is 303 Å². The Hall–Kier alpha value is -6.62. The van der Waals surface area contributed by atoms with Crippen molar-refractivity contribution in [2.24, 2.45) is 0 Å². The molecule has 0 spiro atoms. The van der Waals surface area contributed by atoms with Gasteiger partial charge in [-0.2, -0.15) is 0 Å². The summed E-state index contributed by atoms with van der Waals surface area (Å²) in [7, 11) is 0. The van der Waals surface area contributed by atoms with Crippen LogP contribution in [0.3, 0.4) is 0 Å². The summed E-state index contributed by atoms with van der Waals surface area (Å²) in [6, 6.07) is 65.3. The van der Waals surface area contributed by atoms with Gasteiger partial charge in [0.05, 0.1) is 11.2 Å². The average molecular weight is 683 g/mol. The second-order valence-electron chi connectivity index (χ2n) is 13.3. The first-order chi connectivity index (χ1) is 25.8. The molecule has 3 heterocycles. The van der Waals surface area contributed by atoms with Crippen LogP contribution >= 0.6 is 11.3 Å². The van der Waals surface area contributed by atoms with Crippen LogP contribution < -0.4 is 4.90 Å². The lowest BCUT2D eigenvalue weighted by Gasteiger charge is -2.26. The number of furan rings is 1. The van der Waals surface area contributed by atoms with E-state index in [4.69, 9.17) is 4.42 Å². The van der Waals surface area contributed by atoms with Gasteiger partial charge in [-0.1, -0.05) is 121 Å². The molecule has 3 nitrogen and oxygen atoms in total. The maximum absolute atomic E-state index is 6.61. The van der Waals surface area contributed by atoms with Crippen LogP contribution in [0.1, 0.15) is 0 Å². The van der Waals surface area contributed by atoms with Crippen molar-refractivity contribution in [1.29, 1.82) is 0 Å². The van der Waals surface area contributed by atoms with Crippen LogP contribution in [-0.4, -0.2) is 4.57 Å². The van der Waals surface area contributed by atoms with Gasteiger partial charge < -0.3 is 13.9 Å². The van der Waals surface area contributed by atoms with E-state index in [2.05, 4.69) is 179 Å². The largest absolute Gasteiger partial charge is 0.454 e. The molecule has 0 aliphatic heterocycles. The van der Waals surface area contributed by atoms with Gasteiger partial charge in [-0.25, -0.2) is 0 Å². The Bertz CT molecular complexity index is 3120. The van der Waals surface area contributed by atoms with E-state index in [-0.39, 0.29) is 0 Å². The third kappa shape index (κ3) is 4.38. The molecular formula is C48H30N2OS. The number of fused-ring (bicyclic) bond motifs is 9. The van der Waals surface area contributed by atoms with Crippen molar-refractivity contribution in [2.45, 2.75) is 0 Å². The van der Waals surface area contributed by atoms with Crippen LogP contribution in [0.25, 0.3) is 80.7 Å². The first kappa shape index (κ1) is 29.1. The first-order valence-corrected chi connectivity index (χ1v) is 18.4. The zero-order valence-corrected chi connectivity index (χ0v) is 28.8. The van der Waals surface area contributed by atoms with E-state index in [1.807, 2.05) is 23.5 Å². The third-order valence-corrected chi connectivity index (χ3v) is 11.6. The highest BCUT2D eigenvalue weighted by Crippen LogP contribution is 2.45. The van der Waals surface area contributed by atoms with Crippen LogP contribution in [0.4, 0.5) is 17.1 Å². The highest BCUT2D eigenvalue weighted by atomic mass is 32.1. The number of aromatic nitrogens is 1. The van der Waals surface area contributed by atoms with Crippen molar-refractivity contribution in [3.63, 3.8) is 0 Å². The highest BCUT2D eigenvalue weighted by molar-refractivity contribution is 7.25. The van der Waals surface area contributed by atoms with Crippen molar-refractivity contribution < 1.29 is 4.42 Å². The number of hydrogen-bond donors (Lipinski definition) is 0.